The van der Waals surface area contributed by atoms with Crippen LogP contribution >= 0.6 is 27.5 Å². The number of nitrogens with zero attached hydrogens (tertiary/aromatic N) is 2. The van der Waals surface area contributed by atoms with Crippen LogP contribution in [-0.2, 0) is 6.54 Å². The normalized spacial score (nSPS) is 10.5. The number of hydrogen-bond acceptors (Lipinski definition) is 3. The van der Waals surface area contributed by atoms with E-state index in [1.54, 1.807) is 24.3 Å². The molecule has 0 aliphatic carbocycles. The molecule has 2 rings (SSSR count). The highest BCUT2D eigenvalue weighted by Crippen LogP contribution is 2.22. The molecule has 8 heteroatoms. The number of imidazole rings is 1. The average Bonchev–Trinajstić information content (AvgIpc) is 2.70. The van der Waals surface area contributed by atoms with Gasteiger partial charge in [0, 0.05) is 5.02 Å². The predicted octanol–water partition coefficient (Wildman–Crippen LogP) is 2.74. The molecule has 20 heavy (non-hydrogen) atoms. The van der Waals surface area contributed by atoms with Crippen molar-refractivity contribution < 1.29 is 19.8 Å². The van der Waals surface area contributed by atoms with Crippen LogP contribution in [0.2, 0.25) is 5.02 Å². The Morgan fingerprint density at radius 3 is 2.45 bits per heavy atom. The Morgan fingerprint density at radius 1 is 1.25 bits per heavy atom. The Hall–Kier alpha value is -1.86. The van der Waals surface area contributed by atoms with Crippen molar-refractivity contribution in [2.24, 2.45) is 0 Å². The fourth-order valence-corrected chi connectivity index (χ4v) is 2.41. The average molecular weight is 360 g/mol. The molecule has 0 radical (unpaired) electrons. The maximum absolute atomic E-state index is 11.3. The number of benzene rings is 1. The van der Waals surface area contributed by atoms with Crippen molar-refractivity contribution in [1.29, 1.82) is 0 Å². The van der Waals surface area contributed by atoms with Crippen molar-refractivity contribution in [3.63, 3.8) is 0 Å². The second kappa shape index (κ2) is 5.64. The van der Waals surface area contributed by atoms with E-state index in [4.69, 9.17) is 16.7 Å². The number of carboxylic acid groups (broad SMARTS) is 2. The molecule has 0 aliphatic rings. The van der Waals surface area contributed by atoms with Crippen LogP contribution in [-0.4, -0.2) is 31.7 Å². The molecule has 1 aromatic carbocycles. The summed E-state index contributed by atoms with van der Waals surface area (Å²) in [4.78, 5) is 26.0. The molecule has 1 heterocycles. The summed E-state index contributed by atoms with van der Waals surface area (Å²) in [5.74, 6) is -2.77. The Kier molecular flexibility index (Phi) is 4.10. The molecule has 2 N–H and O–H groups in total. The first-order valence-electron chi connectivity index (χ1n) is 5.37. The van der Waals surface area contributed by atoms with E-state index in [-0.39, 0.29) is 11.3 Å². The monoisotopic (exact) mass is 358 g/mol. The van der Waals surface area contributed by atoms with E-state index in [1.165, 1.54) is 4.57 Å². The Bertz CT molecular complexity index is 699. The zero-order valence-corrected chi connectivity index (χ0v) is 12.2. The molecule has 0 saturated carbocycles. The summed E-state index contributed by atoms with van der Waals surface area (Å²) < 4.78 is 1.36. The standard InChI is InChI=1S/C12H8BrClN2O4/c13-12-15-8(10(17)18)9(11(19)20)16(12)5-6-3-1-2-4-7(6)14/h1-4H,5H2,(H,17,18)(H,19,20). The minimum Gasteiger partial charge on any atom is -0.476 e. The zero-order chi connectivity index (χ0) is 14.9. The van der Waals surface area contributed by atoms with Gasteiger partial charge >= 0.3 is 11.9 Å². The van der Waals surface area contributed by atoms with Crippen LogP contribution in [0.15, 0.2) is 29.0 Å². The van der Waals surface area contributed by atoms with Crippen molar-refractivity contribution in [2.45, 2.75) is 6.54 Å². The maximum Gasteiger partial charge on any atom is 0.357 e. The zero-order valence-electron chi connectivity index (χ0n) is 9.88. The first kappa shape index (κ1) is 14.5. The highest BCUT2D eigenvalue weighted by atomic mass is 79.9. The van der Waals surface area contributed by atoms with Crippen molar-refractivity contribution in [3.8, 4) is 0 Å². The minimum absolute atomic E-state index is 0.0994. The lowest BCUT2D eigenvalue weighted by atomic mass is 10.2. The lowest BCUT2D eigenvalue weighted by molar-refractivity contribution is 0.0640. The number of halogens is 2. The van der Waals surface area contributed by atoms with Crippen molar-refractivity contribution >= 4 is 39.5 Å². The number of hydrogen-bond donors (Lipinski definition) is 2. The quantitative estimate of drug-likeness (QED) is 0.875. The van der Waals surface area contributed by atoms with Gasteiger partial charge in [0.15, 0.2) is 16.1 Å². The van der Waals surface area contributed by atoms with E-state index < -0.39 is 23.3 Å². The molecule has 0 atom stereocenters. The first-order valence-corrected chi connectivity index (χ1v) is 6.55. The van der Waals surface area contributed by atoms with Gasteiger partial charge in [0.2, 0.25) is 0 Å². The fourth-order valence-electron chi connectivity index (χ4n) is 1.73. The van der Waals surface area contributed by atoms with Gasteiger partial charge in [0.05, 0.1) is 6.54 Å². The fraction of sp³-hybridized carbons (Fsp3) is 0.0833. The van der Waals surface area contributed by atoms with Gasteiger partial charge in [-0.2, -0.15) is 0 Å². The predicted molar refractivity (Wildman–Crippen MR) is 74.4 cm³/mol. The molecular formula is C12H8BrClN2O4. The highest BCUT2D eigenvalue weighted by molar-refractivity contribution is 9.10. The van der Waals surface area contributed by atoms with Gasteiger partial charge in [-0.25, -0.2) is 14.6 Å². The third-order valence-electron chi connectivity index (χ3n) is 2.61. The second-order valence-electron chi connectivity index (χ2n) is 3.87. The van der Waals surface area contributed by atoms with Crippen LogP contribution in [0, 0.1) is 0 Å². The Labute approximate surface area is 126 Å². The largest absolute Gasteiger partial charge is 0.476 e. The molecule has 0 bridgehead atoms. The van der Waals surface area contributed by atoms with Gasteiger partial charge in [-0.15, -0.1) is 0 Å². The molecule has 1 aromatic heterocycles. The molecular weight excluding hydrogens is 351 g/mol. The third kappa shape index (κ3) is 2.68. The van der Waals surface area contributed by atoms with E-state index in [0.717, 1.165) is 0 Å². The summed E-state index contributed by atoms with van der Waals surface area (Å²) in [5.41, 5.74) is -0.257. The molecule has 0 fully saturated rings. The SMILES string of the molecule is O=C(O)c1nc(Br)n(Cc2ccccc2Cl)c1C(=O)O. The number of carbonyl (C=O) groups is 2. The molecule has 0 spiro atoms. The second-order valence-corrected chi connectivity index (χ2v) is 4.98. The first-order chi connectivity index (χ1) is 9.41. The summed E-state index contributed by atoms with van der Waals surface area (Å²) in [7, 11) is 0. The number of rotatable bonds is 4. The minimum atomic E-state index is -1.40. The Morgan fingerprint density at radius 2 is 1.90 bits per heavy atom. The lowest BCUT2D eigenvalue weighted by Gasteiger charge is -2.08. The van der Waals surface area contributed by atoms with Gasteiger partial charge in [-0.3, -0.25) is 0 Å². The van der Waals surface area contributed by atoms with Gasteiger partial charge < -0.3 is 14.8 Å². The molecule has 104 valence electrons. The summed E-state index contributed by atoms with van der Waals surface area (Å²) in [6.45, 7) is 0.0994. The summed E-state index contributed by atoms with van der Waals surface area (Å²) in [6.07, 6.45) is 0. The van der Waals surface area contributed by atoms with E-state index in [0.29, 0.717) is 10.6 Å². The van der Waals surface area contributed by atoms with E-state index in [1.807, 2.05) is 0 Å². The van der Waals surface area contributed by atoms with Crippen LogP contribution < -0.4 is 0 Å². The van der Waals surface area contributed by atoms with E-state index in [9.17, 15) is 14.7 Å². The smallest absolute Gasteiger partial charge is 0.357 e. The van der Waals surface area contributed by atoms with Crippen LogP contribution in [0.4, 0.5) is 0 Å². The topological polar surface area (TPSA) is 92.4 Å². The number of carboxylic acids is 2. The van der Waals surface area contributed by atoms with Crippen LogP contribution in [0.1, 0.15) is 26.5 Å². The molecule has 6 nitrogen and oxygen atoms in total. The Balaban J connectivity index is 2.54. The molecule has 2 aromatic rings. The third-order valence-corrected chi connectivity index (χ3v) is 3.59. The molecule has 0 unspecified atom stereocenters. The summed E-state index contributed by atoms with van der Waals surface area (Å²) >= 11 is 9.08. The summed E-state index contributed by atoms with van der Waals surface area (Å²) in [6, 6.07) is 6.89. The number of aromatic carboxylic acids is 2. The molecule has 0 amide bonds. The molecule has 0 saturated heterocycles. The van der Waals surface area contributed by atoms with Crippen LogP contribution in [0.3, 0.4) is 0 Å². The van der Waals surface area contributed by atoms with Crippen molar-refractivity contribution in [3.05, 3.63) is 51.0 Å². The van der Waals surface area contributed by atoms with Gasteiger partial charge in [-0.1, -0.05) is 29.8 Å². The van der Waals surface area contributed by atoms with E-state index >= 15 is 0 Å². The van der Waals surface area contributed by atoms with Crippen LogP contribution in [0.5, 0.6) is 0 Å². The lowest BCUT2D eigenvalue weighted by Crippen LogP contribution is -2.14. The molecule has 0 aliphatic heterocycles. The van der Waals surface area contributed by atoms with Crippen molar-refractivity contribution in [1.82, 2.24) is 9.55 Å². The summed E-state index contributed by atoms with van der Waals surface area (Å²) in [5, 5.41) is 18.6. The van der Waals surface area contributed by atoms with Gasteiger partial charge in [0.25, 0.3) is 0 Å². The van der Waals surface area contributed by atoms with Gasteiger partial charge in [0.1, 0.15) is 0 Å². The maximum atomic E-state index is 11.3. The number of aromatic nitrogens is 2. The van der Waals surface area contributed by atoms with Crippen LogP contribution in [0.25, 0.3) is 0 Å². The van der Waals surface area contributed by atoms with Gasteiger partial charge in [-0.05, 0) is 27.6 Å². The van der Waals surface area contributed by atoms with Crippen molar-refractivity contribution in [2.75, 3.05) is 0 Å². The highest BCUT2D eigenvalue weighted by Gasteiger charge is 2.26. The van der Waals surface area contributed by atoms with E-state index in [2.05, 4.69) is 20.9 Å².